The van der Waals surface area contributed by atoms with Crippen molar-refractivity contribution in [1.82, 2.24) is 4.98 Å². The molecular formula is C15H12Cl3NO. The summed E-state index contributed by atoms with van der Waals surface area (Å²) in [4.78, 5) is 16.0. The van der Waals surface area contributed by atoms with Crippen molar-refractivity contribution in [1.29, 1.82) is 0 Å². The van der Waals surface area contributed by atoms with Gasteiger partial charge in [-0.1, -0.05) is 35.3 Å². The first-order valence-electron chi connectivity index (χ1n) is 5.98. The largest absolute Gasteiger partial charge is 0.280 e. The molecule has 0 fully saturated rings. The molecule has 2 rings (SSSR count). The second-order valence-corrected chi connectivity index (χ2v) is 5.95. The van der Waals surface area contributed by atoms with Crippen LogP contribution in [0.25, 0.3) is 0 Å². The van der Waals surface area contributed by atoms with Crippen molar-refractivity contribution in [3.8, 4) is 0 Å². The molecule has 1 aromatic heterocycles. The molecule has 0 aliphatic carbocycles. The quantitative estimate of drug-likeness (QED) is 0.764. The molecule has 5 heteroatoms. The highest BCUT2D eigenvalue weighted by molar-refractivity contribution is 6.65. The lowest BCUT2D eigenvalue weighted by Gasteiger charge is -2.27. The fourth-order valence-corrected chi connectivity index (χ4v) is 2.90. The van der Waals surface area contributed by atoms with E-state index in [1.165, 1.54) is 0 Å². The molecule has 0 radical (unpaired) electrons. The van der Waals surface area contributed by atoms with Crippen LogP contribution in [0.3, 0.4) is 0 Å². The third-order valence-corrected chi connectivity index (χ3v) is 4.20. The monoisotopic (exact) mass is 327 g/mol. The number of carbonyl (C=O) groups excluding carboxylic acids is 1. The SMILES string of the molecule is CC(Cc1cccnc1)(C(=O)Cl)c1ccc(Cl)cc1Cl. The first-order valence-corrected chi connectivity index (χ1v) is 7.11. The van der Waals surface area contributed by atoms with E-state index >= 15 is 0 Å². The molecule has 20 heavy (non-hydrogen) atoms. The third kappa shape index (κ3) is 3.14. The molecule has 0 saturated carbocycles. The molecular weight excluding hydrogens is 317 g/mol. The van der Waals surface area contributed by atoms with Crippen molar-refractivity contribution in [2.45, 2.75) is 18.8 Å². The number of halogens is 3. The third-order valence-electron chi connectivity index (χ3n) is 3.24. The van der Waals surface area contributed by atoms with Crippen molar-refractivity contribution in [2.75, 3.05) is 0 Å². The van der Waals surface area contributed by atoms with Crippen LogP contribution in [0, 0.1) is 0 Å². The van der Waals surface area contributed by atoms with Gasteiger partial charge >= 0.3 is 0 Å². The number of pyridine rings is 1. The molecule has 0 amide bonds. The molecule has 2 nitrogen and oxygen atoms in total. The molecule has 0 aliphatic heterocycles. The summed E-state index contributed by atoms with van der Waals surface area (Å²) in [5, 5.41) is 0.480. The zero-order valence-corrected chi connectivity index (χ0v) is 13.0. The Morgan fingerprint density at radius 2 is 2.05 bits per heavy atom. The first-order chi connectivity index (χ1) is 9.43. The molecule has 0 aliphatic rings. The van der Waals surface area contributed by atoms with Crippen molar-refractivity contribution in [2.24, 2.45) is 0 Å². The summed E-state index contributed by atoms with van der Waals surface area (Å²) in [6.07, 6.45) is 3.81. The van der Waals surface area contributed by atoms with Gasteiger partial charge in [0.25, 0.3) is 0 Å². The Kier molecular flexibility index (Phi) is 4.69. The smallest absolute Gasteiger partial charge is 0.232 e. The Morgan fingerprint density at radius 3 is 2.60 bits per heavy atom. The van der Waals surface area contributed by atoms with Crippen LogP contribution in [0.1, 0.15) is 18.1 Å². The second-order valence-electron chi connectivity index (χ2n) is 4.77. The highest BCUT2D eigenvalue weighted by atomic mass is 35.5. The van der Waals surface area contributed by atoms with E-state index in [1.807, 2.05) is 12.1 Å². The molecule has 104 valence electrons. The van der Waals surface area contributed by atoms with Gasteiger partial charge in [0.15, 0.2) is 0 Å². The molecule has 1 unspecified atom stereocenters. The Hall–Kier alpha value is -1.09. The van der Waals surface area contributed by atoms with E-state index in [4.69, 9.17) is 34.8 Å². The summed E-state index contributed by atoms with van der Waals surface area (Å²) in [5.41, 5.74) is 0.647. The van der Waals surface area contributed by atoms with Crippen LogP contribution in [-0.2, 0) is 16.6 Å². The maximum absolute atomic E-state index is 12.0. The van der Waals surface area contributed by atoms with Crippen LogP contribution < -0.4 is 0 Å². The average molecular weight is 329 g/mol. The Bertz CT molecular complexity index is 630. The van der Waals surface area contributed by atoms with Gasteiger partial charge < -0.3 is 0 Å². The second kappa shape index (κ2) is 6.13. The van der Waals surface area contributed by atoms with E-state index < -0.39 is 10.7 Å². The van der Waals surface area contributed by atoms with Gasteiger partial charge in [-0.25, -0.2) is 0 Å². The minimum absolute atomic E-state index is 0.421. The molecule has 0 saturated heterocycles. The van der Waals surface area contributed by atoms with Crippen molar-refractivity contribution in [3.63, 3.8) is 0 Å². The average Bonchev–Trinajstić information content (AvgIpc) is 2.39. The molecule has 1 aromatic carbocycles. The molecule has 0 bridgehead atoms. The van der Waals surface area contributed by atoms with Crippen LogP contribution in [0.4, 0.5) is 0 Å². The highest BCUT2D eigenvalue weighted by Crippen LogP contribution is 2.36. The number of rotatable bonds is 4. The summed E-state index contributed by atoms with van der Waals surface area (Å²) in [6.45, 7) is 1.77. The summed E-state index contributed by atoms with van der Waals surface area (Å²) >= 11 is 17.9. The lowest BCUT2D eigenvalue weighted by molar-refractivity contribution is -0.116. The number of nitrogens with zero attached hydrogens (tertiary/aromatic N) is 1. The van der Waals surface area contributed by atoms with Gasteiger partial charge in [0.1, 0.15) is 0 Å². The topological polar surface area (TPSA) is 30.0 Å². The molecule has 0 spiro atoms. The Labute approximate surface area is 132 Å². The van der Waals surface area contributed by atoms with E-state index in [0.29, 0.717) is 22.0 Å². The fraction of sp³-hybridized carbons (Fsp3) is 0.200. The lowest BCUT2D eigenvalue weighted by Crippen LogP contribution is -2.32. The zero-order chi connectivity index (χ0) is 14.8. The van der Waals surface area contributed by atoms with Crippen molar-refractivity contribution < 1.29 is 4.79 Å². The van der Waals surface area contributed by atoms with Crippen LogP contribution >= 0.6 is 34.8 Å². The summed E-state index contributed by atoms with van der Waals surface area (Å²) in [7, 11) is 0. The van der Waals surface area contributed by atoms with Crippen LogP contribution in [0.15, 0.2) is 42.7 Å². The van der Waals surface area contributed by atoms with Crippen molar-refractivity contribution in [3.05, 3.63) is 63.9 Å². The highest BCUT2D eigenvalue weighted by Gasteiger charge is 2.36. The summed E-state index contributed by atoms with van der Waals surface area (Å²) in [5.74, 6) is 0. The van der Waals surface area contributed by atoms with Gasteiger partial charge in [0.05, 0.1) is 5.41 Å². The number of carbonyl (C=O) groups is 1. The first kappa shape index (κ1) is 15.3. The van der Waals surface area contributed by atoms with Crippen LogP contribution in [-0.4, -0.2) is 10.2 Å². The molecule has 0 N–H and O–H groups in total. The van der Waals surface area contributed by atoms with Crippen LogP contribution in [0.2, 0.25) is 10.0 Å². The van der Waals surface area contributed by atoms with Gasteiger partial charge in [-0.2, -0.15) is 0 Å². The van der Waals surface area contributed by atoms with E-state index in [0.717, 1.165) is 5.56 Å². The van der Waals surface area contributed by atoms with E-state index in [1.54, 1.807) is 37.5 Å². The van der Waals surface area contributed by atoms with Crippen LogP contribution in [0.5, 0.6) is 0 Å². The summed E-state index contributed by atoms with van der Waals surface area (Å²) in [6, 6.07) is 8.76. The van der Waals surface area contributed by atoms with E-state index in [-0.39, 0.29) is 0 Å². The zero-order valence-electron chi connectivity index (χ0n) is 10.7. The molecule has 2 aromatic rings. The summed E-state index contributed by atoms with van der Waals surface area (Å²) < 4.78 is 0. The van der Waals surface area contributed by atoms with Gasteiger partial charge in [-0.15, -0.1) is 0 Å². The Balaban J connectivity index is 2.47. The molecule has 1 heterocycles. The maximum Gasteiger partial charge on any atom is 0.232 e. The maximum atomic E-state index is 12.0. The minimum Gasteiger partial charge on any atom is -0.280 e. The number of hydrogen-bond donors (Lipinski definition) is 0. The van der Waals surface area contributed by atoms with E-state index in [2.05, 4.69) is 4.98 Å². The normalized spacial score (nSPS) is 13.8. The van der Waals surface area contributed by atoms with Gasteiger partial charge in [0, 0.05) is 22.4 Å². The van der Waals surface area contributed by atoms with Gasteiger partial charge in [-0.05, 0) is 54.3 Å². The predicted octanol–water partition coefficient (Wildman–Crippen LogP) is 4.65. The van der Waals surface area contributed by atoms with Gasteiger partial charge in [-0.3, -0.25) is 9.78 Å². The van der Waals surface area contributed by atoms with E-state index in [9.17, 15) is 4.79 Å². The fourth-order valence-electron chi connectivity index (χ4n) is 2.12. The predicted molar refractivity (Wildman–Crippen MR) is 82.6 cm³/mol. The Morgan fingerprint density at radius 1 is 1.30 bits per heavy atom. The standard InChI is InChI=1S/C15H12Cl3NO/c1-15(14(18)20,8-10-3-2-6-19-9-10)12-5-4-11(16)7-13(12)17/h2-7,9H,8H2,1H3. The number of hydrogen-bond acceptors (Lipinski definition) is 2. The van der Waals surface area contributed by atoms with Crippen molar-refractivity contribution >= 4 is 40.0 Å². The van der Waals surface area contributed by atoms with Gasteiger partial charge in [0.2, 0.25) is 5.24 Å². The molecule has 1 atom stereocenters. The lowest BCUT2D eigenvalue weighted by atomic mass is 9.78. The minimum atomic E-state index is -0.924. The number of benzene rings is 1. The number of aromatic nitrogens is 1.